The number of hydrogen-bond donors (Lipinski definition) is 1. The highest BCUT2D eigenvalue weighted by atomic mass is 16.6. The summed E-state index contributed by atoms with van der Waals surface area (Å²) < 4.78 is 12.2. The van der Waals surface area contributed by atoms with Crippen LogP contribution in [0.1, 0.15) is 63.6 Å². The number of carbonyl (C=O) groups is 3. The standard InChI is InChI=1S/C20H29N5O5/c1-9-13-14(15(21)26)16(23(8)17(27)29-19(2,3)4)25(22-13)12-10-24(11-12)18(28)30-20(5,6)7/h1,12H,10-11H2,2-8H3,(H2,21,26). The zero-order valence-electron chi connectivity index (χ0n) is 18.5. The molecule has 0 unspecified atom stereocenters. The van der Waals surface area contributed by atoms with Crippen LogP contribution >= 0.6 is 0 Å². The summed E-state index contributed by atoms with van der Waals surface area (Å²) in [6, 6.07) is -0.322. The van der Waals surface area contributed by atoms with Gasteiger partial charge >= 0.3 is 12.2 Å². The van der Waals surface area contributed by atoms with Crippen LogP contribution in [0.5, 0.6) is 0 Å². The van der Waals surface area contributed by atoms with Gasteiger partial charge in [0.1, 0.15) is 22.5 Å². The third kappa shape index (κ3) is 5.03. The van der Waals surface area contributed by atoms with Crippen molar-refractivity contribution in [2.45, 2.75) is 58.8 Å². The van der Waals surface area contributed by atoms with Crippen molar-refractivity contribution in [3.8, 4) is 12.3 Å². The normalized spacial score (nSPS) is 14.5. The van der Waals surface area contributed by atoms with E-state index in [-0.39, 0.29) is 36.2 Å². The molecule has 1 aliphatic rings. The number of terminal acetylenes is 1. The number of rotatable bonds is 3. The summed E-state index contributed by atoms with van der Waals surface area (Å²) in [6.45, 7) is 11.1. The van der Waals surface area contributed by atoms with Crippen molar-refractivity contribution in [2.75, 3.05) is 25.0 Å². The fourth-order valence-electron chi connectivity index (χ4n) is 2.83. The van der Waals surface area contributed by atoms with Gasteiger partial charge in [0.05, 0.1) is 6.04 Å². The molecule has 2 rings (SSSR count). The fraction of sp³-hybridized carbons (Fsp3) is 0.600. The second-order valence-corrected chi connectivity index (χ2v) is 9.08. The Morgan fingerprint density at radius 3 is 2.10 bits per heavy atom. The highest BCUT2D eigenvalue weighted by molar-refractivity contribution is 6.03. The van der Waals surface area contributed by atoms with Crippen LogP contribution in [0, 0.1) is 12.3 Å². The number of primary amides is 1. The molecule has 0 saturated carbocycles. The van der Waals surface area contributed by atoms with Gasteiger partial charge in [-0.25, -0.2) is 14.3 Å². The molecule has 1 saturated heterocycles. The first kappa shape index (κ1) is 23.1. The molecule has 10 heteroatoms. The molecule has 2 heterocycles. The van der Waals surface area contributed by atoms with Crippen LogP contribution in [-0.2, 0) is 9.47 Å². The summed E-state index contributed by atoms with van der Waals surface area (Å²) in [5.41, 5.74) is 4.12. The highest BCUT2D eigenvalue weighted by Crippen LogP contribution is 2.32. The minimum atomic E-state index is -0.817. The zero-order valence-corrected chi connectivity index (χ0v) is 18.5. The lowest BCUT2D eigenvalue weighted by atomic mass is 10.1. The van der Waals surface area contributed by atoms with Crippen molar-refractivity contribution in [1.29, 1.82) is 0 Å². The summed E-state index contributed by atoms with van der Waals surface area (Å²) in [5.74, 6) is 1.64. The van der Waals surface area contributed by atoms with Crippen LogP contribution in [-0.4, -0.2) is 64.1 Å². The molecule has 1 aromatic rings. The topological polar surface area (TPSA) is 120 Å². The van der Waals surface area contributed by atoms with Crippen molar-refractivity contribution >= 4 is 23.9 Å². The molecule has 0 radical (unpaired) electrons. The third-order valence-corrected chi connectivity index (χ3v) is 4.11. The van der Waals surface area contributed by atoms with Gasteiger partial charge in [-0.3, -0.25) is 9.69 Å². The molecule has 30 heavy (non-hydrogen) atoms. The largest absolute Gasteiger partial charge is 0.444 e. The Bertz CT molecular complexity index is 894. The van der Waals surface area contributed by atoms with Crippen LogP contribution in [0.4, 0.5) is 15.4 Å². The first-order valence-electron chi connectivity index (χ1n) is 9.48. The SMILES string of the molecule is C#Cc1nn(C2CN(C(=O)OC(C)(C)C)C2)c(N(C)C(=O)OC(C)(C)C)c1C(N)=O. The van der Waals surface area contributed by atoms with E-state index < -0.39 is 29.3 Å². The molecule has 10 nitrogen and oxygen atoms in total. The van der Waals surface area contributed by atoms with Gasteiger partial charge in [0.2, 0.25) is 0 Å². The van der Waals surface area contributed by atoms with Crippen LogP contribution in [0.3, 0.4) is 0 Å². The predicted molar refractivity (Wildman–Crippen MR) is 110 cm³/mol. The van der Waals surface area contributed by atoms with Gasteiger partial charge in [0, 0.05) is 20.1 Å². The van der Waals surface area contributed by atoms with Gasteiger partial charge in [-0.1, -0.05) is 0 Å². The second-order valence-electron chi connectivity index (χ2n) is 9.08. The minimum Gasteiger partial charge on any atom is -0.444 e. The number of nitrogens with two attached hydrogens (primary N) is 1. The Morgan fingerprint density at radius 1 is 1.13 bits per heavy atom. The molecule has 164 valence electrons. The summed E-state index contributed by atoms with van der Waals surface area (Å²) in [7, 11) is 1.44. The summed E-state index contributed by atoms with van der Waals surface area (Å²) in [4.78, 5) is 39.6. The zero-order chi connectivity index (χ0) is 23.0. The van der Waals surface area contributed by atoms with Crippen molar-refractivity contribution in [1.82, 2.24) is 14.7 Å². The van der Waals surface area contributed by atoms with E-state index >= 15 is 0 Å². The monoisotopic (exact) mass is 419 g/mol. The third-order valence-electron chi connectivity index (χ3n) is 4.11. The quantitative estimate of drug-likeness (QED) is 0.750. The predicted octanol–water partition coefficient (Wildman–Crippen LogP) is 2.13. The average molecular weight is 419 g/mol. The van der Waals surface area contributed by atoms with Gasteiger partial charge < -0.3 is 20.1 Å². The second kappa shape index (κ2) is 7.89. The van der Waals surface area contributed by atoms with E-state index in [2.05, 4.69) is 11.0 Å². The lowest BCUT2D eigenvalue weighted by Gasteiger charge is -2.40. The molecule has 0 atom stereocenters. The van der Waals surface area contributed by atoms with Crippen molar-refractivity contribution in [3.05, 3.63) is 11.3 Å². The maximum Gasteiger partial charge on any atom is 0.415 e. The molecule has 0 aliphatic carbocycles. The van der Waals surface area contributed by atoms with Gasteiger partial charge in [0.25, 0.3) is 5.91 Å². The Labute approximate surface area is 176 Å². The number of hydrogen-bond acceptors (Lipinski definition) is 6. The van der Waals surface area contributed by atoms with Gasteiger partial charge in [0.15, 0.2) is 5.82 Å². The van der Waals surface area contributed by atoms with Gasteiger partial charge in [-0.2, -0.15) is 5.10 Å². The molecule has 0 bridgehead atoms. The maximum absolute atomic E-state index is 12.6. The molecule has 1 fully saturated rings. The number of anilines is 1. The number of nitrogens with zero attached hydrogens (tertiary/aromatic N) is 4. The summed E-state index contributed by atoms with van der Waals surface area (Å²) in [6.07, 6.45) is 4.35. The van der Waals surface area contributed by atoms with Crippen LogP contribution in [0.15, 0.2) is 0 Å². The van der Waals surface area contributed by atoms with Crippen molar-refractivity contribution < 1.29 is 23.9 Å². The number of carbonyl (C=O) groups excluding carboxylic acids is 3. The van der Waals surface area contributed by atoms with Crippen molar-refractivity contribution in [3.63, 3.8) is 0 Å². The maximum atomic E-state index is 12.6. The molecule has 0 aromatic carbocycles. The Morgan fingerprint density at radius 2 is 1.67 bits per heavy atom. The molecule has 3 amide bonds. The van der Waals surface area contributed by atoms with Crippen LogP contribution in [0.25, 0.3) is 0 Å². The Hall–Kier alpha value is -3.22. The lowest BCUT2D eigenvalue weighted by molar-refractivity contribution is -0.000393. The minimum absolute atomic E-state index is 0.0172. The highest BCUT2D eigenvalue weighted by Gasteiger charge is 2.39. The molecule has 1 aliphatic heterocycles. The lowest BCUT2D eigenvalue weighted by Crippen LogP contribution is -2.53. The number of amides is 3. The van der Waals surface area contributed by atoms with E-state index in [1.807, 2.05) is 0 Å². The van der Waals surface area contributed by atoms with E-state index in [1.165, 1.54) is 16.6 Å². The van der Waals surface area contributed by atoms with Gasteiger partial charge in [-0.05, 0) is 47.5 Å². The average Bonchev–Trinajstić information content (AvgIpc) is 2.88. The number of aromatic nitrogens is 2. The fourth-order valence-corrected chi connectivity index (χ4v) is 2.83. The van der Waals surface area contributed by atoms with E-state index in [9.17, 15) is 14.4 Å². The summed E-state index contributed by atoms with van der Waals surface area (Å²) >= 11 is 0. The van der Waals surface area contributed by atoms with E-state index in [4.69, 9.17) is 21.6 Å². The molecular weight excluding hydrogens is 390 g/mol. The van der Waals surface area contributed by atoms with Crippen molar-refractivity contribution in [2.24, 2.45) is 5.73 Å². The van der Waals surface area contributed by atoms with E-state index in [0.717, 1.165) is 4.90 Å². The Balaban J connectivity index is 2.35. The smallest absolute Gasteiger partial charge is 0.415 e. The number of likely N-dealkylation sites (tertiary alicyclic amines) is 1. The number of ether oxygens (including phenoxy) is 2. The molecule has 0 spiro atoms. The van der Waals surface area contributed by atoms with Gasteiger partial charge in [-0.15, -0.1) is 6.42 Å². The molecular formula is C20H29N5O5. The van der Waals surface area contributed by atoms with E-state index in [0.29, 0.717) is 0 Å². The Kier molecular flexibility index (Phi) is 6.07. The van der Waals surface area contributed by atoms with E-state index in [1.54, 1.807) is 41.5 Å². The first-order chi connectivity index (χ1) is 13.6. The summed E-state index contributed by atoms with van der Waals surface area (Å²) in [5, 5.41) is 4.29. The molecule has 1 aromatic heterocycles. The van der Waals surface area contributed by atoms with Crippen LogP contribution in [0.2, 0.25) is 0 Å². The molecule has 2 N–H and O–H groups in total. The first-order valence-corrected chi connectivity index (χ1v) is 9.48. The van der Waals surface area contributed by atoms with Crippen LogP contribution < -0.4 is 10.6 Å².